The maximum atomic E-state index is 10.5. The minimum Gasteiger partial charge on any atom is -0.481 e. The fraction of sp³-hybridized carbons (Fsp3) is 0.357. The zero-order valence-corrected chi connectivity index (χ0v) is 11.4. The lowest BCUT2D eigenvalue weighted by Crippen LogP contribution is -2.22. The van der Waals surface area contributed by atoms with Crippen LogP contribution in [0.15, 0.2) is 36.5 Å². The average molecular weight is 291 g/mol. The van der Waals surface area contributed by atoms with E-state index in [1.807, 2.05) is 30.3 Å². The smallest absolute Gasteiger partial charge is 0.309 e. The van der Waals surface area contributed by atoms with Crippen LogP contribution in [-0.2, 0) is 29.1 Å². The van der Waals surface area contributed by atoms with E-state index in [-0.39, 0.29) is 19.6 Å². The van der Waals surface area contributed by atoms with Gasteiger partial charge in [-0.05, 0) is 5.56 Å². The highest BCUT2D eigenvalue weighted by Gasteiger charge is 2.10. The van der Waals surface area contributed by atoms with Gasteiger partial charge in [0.25, 0.3) is 0 Å². The lowest BCUT2D eigenvalue weighted by molar-refractivity contribution is -0.136. The normalized spacial score (nSPS) is 12.2. The number of benzene rings is 1. The van der Waals surface area contributed by atoms with E-state index in [1.54, 1.807) is 0 Å². The maximum Gasteiger partial charge on any atom is 0.309 e. The van der Waals surface area contributed by atoms with Crippen molar-refractivity contribution in [1.29, 1.82) is 0 Å². The lowest BCUT2D eigenvalue weighted by atomic mass is 10.2. The number of hydrogen-bond donors (Lipinski definition) is 2. The van der Waals surface area contributed by atoms with Crippen LogP contribution in [0.3, 0.4) is 0 Å². The predicted molar refractivity (Wildman–Crippen MR) is 73.5 cm³/mol. The minimum absolute atomic E-state index is 0.170. The van der Waals surface area contributed by atoms with Crippen molar-refractivity contribution in [2.24, 2.45) is 0 Å². The van der Waals surface area contributed by atoms with Crippen LogP contribution in [-0.4, -0.2) is 43.9 Å². The van der Waals surface area contributed by atoms with Gasteiger partial charge in [0.15, 0.2) is 0 Å². The van der Waals surface area contributed by atoms with Crippen molar-refractivity contribution in [3.05, 3.63) is 47.8 Å². The molecule has 112 valence electrons. The molecule has 2 N–H and O–H groups in total. The molecule has 1 atom stereocenters. The Morgan fingerprint density at radius 1 is 1.33 bits per heavy atom. The molecule has 0 spiro atoms. The second-order valence-electron chi connectivity index (χ2n) is 4.66. The fourth-order valence-electron chi connectivity index (χ4n) is 1.82. The fourth-order valence-corrected chi connectivity index (χ4v) is 1.82. The second-order valence-corrected chi connectivity index (χ2v) is 4.66. The Balaban J connectivity index is 1.72. The third kappa shape index (κ3) is 5.33. The molecule has 0 fully saturated rings. The van der Waals surface area contributed by atoms with Crippen LogP contribution in [0.4, 0.5) is 0 Å². The van der Waals surface area contributed by atoms with Crippen LogP contribution in [0.1, 0.15) is 11.3 Å². The van der Waals surface area contributed by atoms with E-state index >= 15 is 0 Å². The molecule has 21 heavy (non-hydrogen) atoms. The van der Waals surface area contributed by atoms with Crippen LogP contribution < -0.4 is 0 Å². The van der Waals surface area contributed by atoms with E-state index in [1.165, 1.54) is 10.9 Å². The zero-order valence-electron chi connectivity index (χ0n) is 11.4. The number of aliphatic hydroxyl groups is 1. The van der Waals surface area contributed by atoms with Gasteiger partial charge < -0.3 is 14.9 Å². The van der Waals surface area contributed by atoms with Crippen molar-refractivity contribution < 1.29 is 19.7 Å². The Hall–Kier alpha value is -2.25. The summed E-state index contributed by atoms with van der Waals surface area (Å²) in [7, 11) is 0. The number of carboxylic acids is 1. The second kappa shape index (κ2) is 7.51. The molecule has 0 aliphatic carbocycles. The molecule has 1 unspecified atom stereocenters. The van der Waals surface area contributed by atoms with Crippen molar-refractivity contribution in [2.45, 2.75) is 25.7 Å². The van der Waals surface area contributed by atoms with E-state index in [9.17, 15) is 9.90 Å². The molecule has 0 aliphatic heterocycles. The largest absolute Gasteiger partial charge is 0.481 e. The van der Waals surface area contributed by atoms with Gasteiger partial charge in [0.2, 0.25) is 0 Å². The molecule has 0 amide bonds. The van der Waals surface area contributed by atoms with Crippen LogP contribution >= 0.6 is 0 Å². The molecular formula is C14H17N3O4. The molecule has 2 aromatic rings. The van der Waals surface area contributed by atoms with Gasteiger partial charge in [-0.25, -0.2) is 4.68 Å². The monoisotopic (exact) mass is 291 g/mol. The molecular weight excluding hydrogens is 274 g/mol. The van der Waals surface area contributed by atoms with Crippen molar-refractivity contribution in [3.8, 4) is 0 Å². The predicted octanol–water partition coefficient (Wildman–Crippen LogP) is 0.483. The summed E-state index contributed by atoms with van der Waals surface area (Å²) in [5.41, 5.74) is 1.40. The number of hydrogen-bond acceptors (Lipinski definition) is 5. The van der Waals surface area contributed by atoms with Gasteiger partial charge in [-0.2, -0.15) is 0 Å². The zero-order chi connectivity index (χ0) is 15.1. The Labute approximate surface area is 121 Å². The summed E-state index contributed by atoms with van der Waals surface area (Å²) in [5, 5.41) is 26.0. The van der Waals surface area contributed by atoms with Crippen molar-refractivity contribution >= 4 is 5.97 Å². The van der Waals surface area contributed by atoms with Gasteiger partial charge in [0.1, 0.15) is 0 Å². The summed E-state index contributed by atoms with van der Waals surface area (Å²) in [6.45, 7) is 0.809. The number of nitrogens with zero attached hydrogens (tertiary/aromatic N) is 3. The first-order chi connectivity index (χ1) is 10.1. The number of aliphatic carboxylic acids is 1. The number of ether oxygens (including phenoxy) is 1. The van der Waals surface area contributed by atoms with Gasteiger partial charge in [-0.3, -0.25) is 4.79 Å². The molecule has 1 aromatic carbocycles. The van der Waals surface area contributed by atoms with E-state index in [4.69, 9.17) is 9.84 Å². The maximum absolute atomic E-state index is 10.5. The summed E-state index contributed by atoms with van der Waals surface area (Å²) in [6, 6.07) is 9.67. The van der Waals surface area contributed by atoms with Gasteiger partial charge in [0, 0.05) is 6.20 Å². The lowest BCUT2D eigenvalue weighted by Gasteiger charge is -2.10. The topological polar surface area (TPSA) is 97.5 Å². The molecule has 0 bridgehead atoms. The highest BCUT2D eigenvalue weighted by atomic mass is 16.5. The third-order valence-electron chi connectivity index (χ3n) is 2.74. The van der Waals surface area contributed by atoms with Crippen LogP contribution in [0, 0.1) is 0 Å². The number of carbonyl (C=O) groups is 1. The van der Waals surface area contributed by atoms with Crippen molar-refractivity contribution in [2.75, 3.05) is 6.61 Å². The van der Waals surface area contributed by atoms with E-state index in [2.05, 4.69) is 10.3 Å². The summed E-state index contributed by atoms with van der Waals surface area (Å²) in [5.74, 6) is -0.964. The number of carboxylic acid groups (broad SMARTS) is 1. The van der Waals surface area contributed by atoms with Gasteiger partial charge in [0.05, 0.1) is 38.0 Å². The summed E-state index contributed by atoms with van der Waals surface area (Å²) < 4.78 is 6.83. The summed E-state index contributed by atoms with van der Waals surface area (Å²) in [6.07, 6.45) is 0.600. The van der Waals surface area contributed by atoms with Crippen LogP contribution in [0.2, 0.25) is 0 Å². The Kier molecular flexibility index (Phi) is 5.42. The summed E-state index contributed by atoms with van der Waals surface area (Å²) >= 11 is 0. The van der Waals surface area contributed by atoms with Crippen LogP contribution in [0.25, 0.3) is 0 Å². The first-order valence-corrected chi connectivity index (χ1v) is 6.54. The van der Waals surface area contributed by atoms with Gasteiger partial charge in [-0.1, -0.05) is 35.5 Å². The Bertz CT molecular complexity index is 571. The standard InChI is InChI=1S/C14H17N3O4/c18-13(10-21-9-11-4-2-1-3-5-11)8-17-7-12(15-16-17)6-14(19)20/h1-5,7,13,18H,6,8-10H2,(H,19,20). The molecule has 1 heterocycles. The van der Waals surface area contributed by atoms with Crippen LogP contribution in [0.5, 0.6) is 0 Å². The molecule has 2 rings (SSSR count). The highest BCUT2D eigenvalue weighted by molar-refractivity contribution is 5.69. The Morgan fingerprint density at radius 2 is 2.10 bits per heavy atom. The first-order valence-electron chi connectivity index (χ1n) is 6.54. The molecule has 1 aromatic heterocycles. The van der Waals surface area contributed by atoms with E-state index in [0.717, 1.165) is 5.56 Å². The first kappa shape index (κ1) is 15.1. The SMILES string of the molecule is O=C(O)Cc1cn(CC(O)COCc2ccccc2)nn1. The third-order valence-corrected chi connectivity index (χ3v) is 2.74. The van der Waals surface area contributed by atoms with E-state index in [0.29, 0.717) is 12.3 Å². The number of rotatable bonds is 8. The molecule has 7 heteroatoms. The van der Waals surface area contributed by atoms with Gasteiger partial charge >= 0.3 is 5.97 Å². The molecule has 0 radical (unpaired) electrons. The van der Waals surface area contributed by atoms with E-state index < -0.39 is 12.1 Å². The molecule has 0 saturated carbocycles. The Morgan fingerprint density at radius 3 is 2.81 bits per heavy atom. The quantitative estimate of drug-likeness (QED) is 0.734. The number of aromatic nitrogens is 3. The molecule has 7 nitrogen and oxygen atoms in total. The minimum atomic E-state index is -0.964. The highest BCUT2D eigenvalue weighted by Crippen LogP contribution is 2.02. The number of aliphatic hydroxyl groups excluding tert-OH is 1. The average Bonchev–Trinajstić information content (AvgIpc) is 2.86. The van der Waals surface area contributed by atoms with Crippen molar-refractivity contribution in [1.82, 2.24) is 15.0 Å². The summed E-state index contributed by atoms with van der Waals surface area (Å²) in [4.78, 5) is 10.5. The van der Waals surface area contributed by atoms with Gasteiger partial charge in [-0.15, -0.1) is 5.10 Å². The van der Waals surface area contributed by atoms with Crippen molar-refractivity contribution in [3.63, 3.8) is 0 Å². The molecule has 0 saturated heterocycles. The molecule has 0 aliphatic rings.